The maximum Gasteiger partial charge on any atom is 0.266 e. The molecule has 1 atom stereocenters. The molecule has 144 valence electrons. The molecule has 1 aromatic rings. The van der Waals surface area contributed by atoms with Crippen molar-refractivity contribution in [1.82, 2.24) is 9.80 Å². The van der Waals surface area contributed by atoms with Crippen LogP contribution >= 0.6 is 35.6 Å². The molecule has 3 rings (SSSR count). The smallest absolute Gasteiger partial charge is 0.266 e. The Kier molecular flexibility index (Phi) is 6.92. The zero-order valence-corrected chi connectivity index (χ0v) is 17.2. The van der Waals surface area contributed by atoms with Crippen LogP contribution in [0, 0.1) is 0 Å². The molecule has 27 heavy (non-hydrogen) atoms. The largest absolute Gasteiger partial charge is 0.396 e. The van der Waals surface area contributed by atoms with Gasteiger partial charge in [0.15, 0.2) is 0 Å². The quantitative estimate of drug-likeness (QED) is 0.580. The lowest BCUT2D eigenvalue weighted by Gasteiger charge is -2.36. The molecule has 0 saturated carbocycles. The highest BCUT2D eigenvalue weighted by Crippen LogP contribution is 2.34. The van der Waals surface area contributed by atoms with Gasteiger partial charge < -0.3 is 10.0 Å². The second-order valence-corrected chi connectivity index (χ2v) is 8.62. The van der Waals surface area contributed by atoms with Crippen molar-refractivity contribution in [2.24, 2.45) is 0 Å². The van der Waals surface area contributed by atoms with Gasteiger partial charge in [-0.1, -0.05) is 53.8 Å². The molecule has 0 bridgehead atoms. The number of carbonyl (C=O) groups is 2. The van der Waals surface area contributed by atoms with Crippen molar-refractivity contribution >= 4 is 57.8 Å². The van der Waals surface area contributed by atoms with Crippen molar-refractivity contribution in [3.8, 4) is 0 Å². The van der Waals surface area contributed by atoms with Crippen LogP contribution in [0.25, 0.3) is 6.08 Å². The number of nitrogens with zero attached hydrogens (tertiary/aromatic N) is 2. The second-order valence-electron chi connectivity index (χ2n) is 6.54. The lowest BCUT2D eigenvalue weighted by Crippen LogP contribution is -2.49. The molecule has 0 radical (unpaired) electrons. The van der Waals surface area contributed by atoms with Crippen LogP contribution < -0.4 is 0 Å². The number of piperidine rings is 1. The first-order valence-corrected chi connectivity index (χ1v) is 10.5. The molecule has 0 unspecified atom stereocenters. The van der Waals surface area contributed by atoms with Gasteiger partial charge in [0, 0.05) is 24.2 Å². The van der Waals surface area contributed by atoms with Crippen LogP contribution in [-0.2, 0) is 9.59 Å². The van der Waals surface area contributed by atoms with Gasteiger partial charge in [-0.25, -0.2) is 0 Å². The molecular formula is C19H21ClN2O3S2. The number of hydrogen-bond donors (Lipinski definition) is 1. The van der Waals surface area contributed by atoms with Crippen molar-refractivity contribution in [2.75, 3.05) is 19.7 Å². The number of amides is 2. The average Bonchev–Trinajstić information content (AvgIpc) is 2.92. The molecule has 8 heteroatoms. The van der Waals surface area contributed by atoms with E-state index in [1.54, 1.807) is 17.0 Å². The van der Waals surface area contributed by atoms with Crippen LogP contribution in [0.4, 0.5) is 0 Å². The fourth-order valence-corrected chi connectivity index (χ4v) is 4.81. The zero-order valence-electron chi connectivity index (χ0n) is 14.8. The maximum atomic E-state index is 12.8. The Morgan fingerprint density at radius 3 is 2.89 bits per heavy atom. The number of thiocarbonyl (C=S) groups is 1. The van der Waals surface area contributed by atoms with Crippen molar-refractivity contribution in [1.29, 1.82) is 0 Å². The van der Waals surface area contributed by atoms with Gasteiger partial charge in [-0.3, -0.25) is 14.5 Å². The molecule has 1 aromatic carbocycles. The number of likely N-dealkylation sites (tertiary alicyclic amines) is 1. The summed E-state index contributed by atoms with van der Waals surface area (Å²) in [6.45, 7) is 0.649. The van der Waals surface area contributed by atoms with Crippen LogP contribution in [0.15, 0.2) is 29.2 Å². The third kappa shape index (κ3) is 4.71. The Morgan fingerprint density at radius 2 is 2.15 bits per heavy atom. The van der Waals surface area contributed by atoms with E-state index in [1.807, 2.05) is 18.2 Å². The van der Waals surface area contributed by atoms with Crippen LogP contribution in [0.1, 0.15) is 31.2 Å². The molecule has 2 amide bonds. The van der Waals surface area contributed by atoms with E-state index in [0.717, 1.165) is 24.8 Å². The Bertz CT molecular complexity index is 782. The Hall–Kier alpha value is -1.41. The van der Waals surface area contributed by atoms with Crippen molar-refractivity contribution in [2.45, 2.75) is 31.7 Å². The predicted molar refractivity (Wildman–Crippen MR) is 112 cm³/mol. The lowest BCUT2D eigenvalue weighted by atomic mass is 9.99. The molecule has 2 saturated heterocycles. The molecule has 0 aliphatic carbocycles. The normalized spacial score (nSPS) is 22.0. The Morgan fingerprint density at radius 1 is 1.37 bits per heavy atom. The maximum absolute atomic E-state index is 12.8. The van der Waals surface area contributed by atoms with Gasteiger partial charge in [0.05, 0.1) is 4.91 Å². The highest BCUT2D eigenvalue weighted by Gasteiger charge is 2.36. The number of thioether (sulfide) groups is 1. The molecule has 2 fully saturated rings. The summed E-state index contributed by atoms with van der Waals surface area (Å²) >= 11 is 12.7. The summed E-state index contributed by atoms with van der Waals surface area (Å²) in [7, 11) is 0. The van der Waals surface area contributed by atoms with Gasteiger partial charge in [-0.15, -0.1) is 0 Å². The van der Waals surface area contributed by atoms with Gasteiger partial charge >= 0.3 is 0 Å². The third-order valence-corrected chi connectivity index (χ3v) is 6.49. The minimum absolute atomic E-state index is 0.0355. The fourth-order valence-electron chi connectivity index (χ4n) is 3.37. The first-order valence-electron chi connectivity index (χ1n) is 8.91. The van der Waals surface area contributed by atoms with E-state index in [0.29, 0.717) is 27.2 Å². The van der Waals surface area contributed by atoms with Gasteiger partial charge in [0.1, 0.15) is 10.9 Å². The first kappa shape index (κ1) is 20.3. The standard InChI is InChI=1S/C19H21ClN2O3S2/c20-15-7-2-1-5-13(15)11-16-18(25)22(19(26)27-16)12-17(24)21-9-4-3-6-14(21)8-10-23/h1-2,5,7,11,14,23H,3-4,6,8-10,12H2/b16-11+/t14-/m1/s1. The Labute approximate surface area is 173 Å². The topological polar surface area (TPSA) is 60.9 Å². The molecule has 1 N–H and O–H groups in total. The fraction of sp³-hybridized carbons (Fsp3) is 0.421. The van der Waals surface area contributed by atoms with Gasteiger partial charge in [-0.2, -0.15) is 0 Å². The molecule has 0 spiro atoms. The molecule has 5 nitrogen and oxygen atoms in total. The number of rotatable bonds is 5. The first-order chi connectivity index (χ1) is 13.0. The van der Waals surface area contributed by atoms with E-state index < -0.39 is 0 Å². The summed E-state index contributed by atoms with van der Waals surface area (Å²) < 4.78 is 0.377. The minimum atomic E-state index is -0.269. The average molecular weight is 425 g/mol. The van der Waals surface area contributed by atoms with Crippen molar-refractivity contribution < 1.29 is 14.7 Å². The summed E-state index contributed by atoms with van der Waals surface area (Å²) in [4.78, 5) is 29.2. The lowest BCUT2D eigenvalue weighted by molar-refractivity contribution is -0.138. The highest BCUT2D eigenvalue weighted by molar-refractivity contribution is 8.26. The molecule has 2 heterocycles. The number of hydrogen-bond acceptors (Lipinski definition) is 5. The van der Waals surface area contributed by atoms with Crippen LogP contribution in [0.2, 0.25) is 5.02 Å². The summed E-state index contributed by atoms with van der Waals surface area (Å²) in [6.07, 6.45) is 5.16. The van der Waals surface area contributed by atoms with E-state index in [4.69, 9.17) is 23.8 Å². The van der Waals surface area contributed by atoms with Crippen LogP contribution in [0.3, 0.4) is 0 Å². The summed E-state index contributed by atoms with van der Waals surface area (Å²) in [5, 5.41) is 9.79. The van der Waals surface area contributed by atoms with Crippen LogP contribution in [0.5, 0.6) is 0 Å². The molecule has 0 aromatic heterocycles. The van der Waals surface area contributed by atoms with Crippen molar-refractivity contribution in [3.05, 3.63) is 39.8 Å². The van der Waals surface area contributed by atoms with E-state index in [2.05, 4.69) is 0 Å². The van der Waals surface area contributed by atoms with Gasteiger partial charge in [0.25, 0.3) is 5.91 Å². The number of carbonyl (C=O) groups excluding carboxylic acids is 2. The van der Waals surface area contributed by atoms with E-state index in [9.17, 15) is 14.7 Å². The third-order valence-electron chi connectivity index (χ3n) is 4.77. The minimum Gasteiger partial charge on any atom is -0.396 e. The van der Waals surface area contributed by atoms with Gasteiger partial charge in [-0.05, 0) is 43.4 Å². The highest BCUT2D eigenvalue weighted by atomic mass is 35.5. The van der Waals surface area contributed by atoms with Gasteiger partial charge in [0.2, 0.25) is 5.91 Å². The number of aliphatic hydroxyl groups is 1. The zero-order chi connectivity index (χ0) is 19.4. The number of aliphatic hydroxyl groups excluding tert-OH is 1. The SMILES string of the molecule is O=C1/C(=C\c2ccccc2Cl)SC(=S)N1CC(=O)N1CCCC[C@@H]1CCO. The van der Waals surface area contributed by atoms with E-state index in [-0.39, 0.29) is 31.0 Å². The molecular weight excluding hydrogens is 404 g/mol. The number of halogens is 1. The van der Waals surface area contributed by atoms with E-state index >= 15 is 0 Å². The monoisotopic (exact) mass is 424 g/mol. The van der Waals surface area contributed by atoms with Crippen LogP contribution in [-0.4, -0.2) is 56.8 Å². The summed E-state index contributed by atoms with van der Waals surface area (Å²) in [6, 6.07) is 7.29. The Balaban J connectivity index is 1.72. The van der Waals surface area contributed by atoms with Crippen molar-refractivity contribution in [3.63, 3.8) is 0 Å². The second kappa shape index (κ2) is 9.19. The number of benzene rings is 1. The summed E-state index contributed by atoms with van der Waals surface area (Å²) in [5.74, 6) is -0.391. The molecule has 2 aliphatic heterocycles. The predicted octanol–water partition coefficient (Wildman–Crippen LogP) is 3.30. The van der Waals surface area contributed by atoms with E-state index in [1.165, 1.54) is 16.7 Å². The molecule has 2 aliphatic rings. The summed E-state index contributed by atoms with van der Waals surface area (Å²) in [5.41, 5.74) is 0.741.